The number of nitrogens with one attached hydrogen (secondary N) is 1. The summed E-state index contributed by atoms with van der Waals surface area (Å²) in [7, 11) is -3.60. The Morgan fingerprint density at radius 1 is 1.00 bits per heavy atom. The van der Waals surface area contributed by atoms with Gasteiger partial charge in [0.05, 0.1) is 11.4 Å². The molecule has 2 N–H and O–H groups in total. The number of aliphatic carboxylic acids is 1. The number of hydrogen-bond acceptors (Lipinski definition) is 5. The summed E-state index contributed by atoms with van der Waals surface area (Å²) >= 11 is 0. The highest BCUT2D eigenvalue weighted by atomic mass is 32.2. The number of nitrogens with zero attached hydrogens (tertiary/aromatic N) is 2. The molecule has 2 aromatic rings. The zero-order valence-corrected chi connectivity index (χ0v) is 15.5. The van der Waals surface area contributed by atoms with E-state index in [2.05, 4.69) is 5.32 Å². The fraction of sp³-hybridized carbons (Fsp3) is 0.333. The minimum Gasteiger partial charge on any atom is -0.480 e. The number of carbonyl (C=O) groups is 2. The molecule has 27 heavy (non-hydrogen) atoms. The van der Waals surface area contributed by atoms with Gasteiger partial charge in [0.2, 0.25) is 15.9 Å². The molecule has 0 spiro atoms. The second-order valence-electron chi connectivity index (χ2n) is 6.36. The van der Waals surface area contributed by atoms with Crippen molar-refractivity contribution in [2.45, 2.75) is 4.90 Å². The number of piperazine rings is 1. The van der Waals surface area contributed by atoms with E-state index in [0.29, 0.717) is 13.1 Å². The van der Waals surface area contributed by atoms with E-state index < -0.39 is 22.5 Å². The third kappa shape index (κ3) is 4.62. The Morgan fingerprint density at radius 3 is 2.33 bits per heavy atom. The van der Waals surface area contributed by atoms with E-state index in [0.717, 1.165) is 10.8 Å². The molecule has 0 atom stereocenters. The quantitative estimate of drug-likeness (QED) is 0.736. The lowest BCUT2D eigenvalue weighted by atomic mass is 10.1. The SMILES string of the molecule is O=C(O)CNC(=O)CN1CCN(S(=O)(=O)c2ccc3ccccc3c2)CC1. The molecule has 0 radical (unpaired) electrons. The monoisotopic (exact) mass is 391 g/mol. The fourth-order valence-corrected chi connectivity index (χ4v) is 4.50. The molecule has 0 aromatic heterocycles. The molecule has 1 aliphatic heterocycles. The summed E-state index contributed by atoms with van der Waals surface area (Å²) in [4.78, 5) is 24.2. The number of amides is 1. The summed E-state index contributed by atoms with van der Waals surface area (Å²) in [5, 5.41) is 12.7. The molecule has 2 aromatic carbocycles. The van der Waals surface area contributed by atoms with Gasteiger partial charge in [0.1, 0.15) is 6.54 Å². The van der Waals surface area contributed by atoms with E-state index in [1.54, 1.807) is 18.2 Å². The van der Waals surface area contributed by atoms with Crippen LogP contribution in [0.1, 0.15) is 0 Å². The zero-order chi connectivity index (χ0) is 19.4. The van der Waals surface area contributed by atoms with Gasteiger partial charge in [-0.15, -0.1) is 0 Å². The van der Waals surface area contributed by atoms with Crippen LogP contribution < -0.4 is 5.32 Å². The molecule has 1 saturated heterocycles. The standard InChI is InChI=1S/C18H21N3O5S/c22-17(19-12-18(23)24)13-20-7-9-21(10-8-20)27(25,26)16-6-5-14-3-1-2-4-15(14)11-16/h1-6,11H,7-10,12-13H2,(H,19,22)(H,23,24). The van der Waals surface area contributed by atoms with Crippen LogP contribution in [0.4, 0.5) is 0 Å². The van der Waals surface area contributed by atoms with Gasteiger partial charge in [-0.2, -0.15) is 4.31 Å². The highest BCUT2D eigenvalue weighted by Crippen LogP contribution is 2.22. The van der Waals surface area contributed by atoms with Crippen LogP contribution in [0.5, 0.6) is 0 Å². The fourth-order valence-electron chi connectivity index (χ4n) is 3.04. The number of fused-ring (bicyclic) bond motifs is 1. The molecule has 0 aliphatic carbocycles. The van der Waals surface area contributed by atoms with Crippen LogP contribution in [0.25, 0.3) is 10.8 Å². The highest BCUT2D eigenvalue weighted by Gasteiger charge is 2.29. The van der Waals surface area contributed by atoms with Gasteiger partial charge in [-0.05, 0) is 22.9 Å². The number of benzene rings is 2. The van der Waals surface area contributed by atoms with Crippen molar-refractivity contribution in [3.8, 4) is 0 Å². The molecule has 144 valence electrons. The first-order valence-electron chi connectivity index (χ1n) is 8.56. The number of hydrogen-bond donors (Lipinski definition) is 2. The Hall–Kier alpha value is -2.49. The normalized spacial score (nSPS) is 16.3. The lowest BCUT2D eigenvalue weighted by Gasteiger charge is -2.33. The zero-order valence-electron chi connectivity index (χ0n) is 14.7. The molecular formula is C18H21N3O5S. The number of carboxylic acids is 1. The summed E-state index contributed by atoms with van der Waals surface area (Å²) < 4.78 is 27.2. The van der Waals surface area contributed by atoms with Crippen molar-refractivity contribution in [3.05, 3.63) is 42.5 Å². The van der Waals surface area contributed by atoms with Gasteiger partial charge in [-0.3, -0.25) is 14.5 Å². The summed E-state index contributed by atoms with van der Waals surface area (Å²) in [5.41, 5.74) is 0. The minimum atomic E-state index is -3.60. The number of carboxylic acid groups (broad SMARTS) is 1. The molecule has 8 nitrogen and oxygen atoms in total. The maximum absolute atomic E-state index is 12.9. The van der Waals surface area contributed by atoms with Crippen LogP contribution in [0.15, 0.2) is 47.4 Å². The van der Waals surface area contributed by atoms with E-state index in [1.165, 1.54) is 4.31 Å². The highest BCUT2D eigenvalue weighted by molar-refractivity contribution is 7.89. The van der Waals surface area contributed by atoms with Crippen molar-refractivity contribution in [2.24, 2.45) is 0 Å². The summed E-state index contributed by atoms with van der Waals surface area (Å²) in [6.07, 6.45) is 0. The van der Waals surface area contributed by atoms with E-state index in [4.69, 9.17) is 5.11 Å². The van der Waals surface area contributed by atoms with E-state index >= 15 is 0 Å². The molecule has 0 unspecified atom stereocenters. The second-order valence-corrected chi connectivity index (χ2v) is 8.30. The maximum Gasteiger partial charge on any atom is 0.322 e. The van der Waals surface area contributed by atoms with Gasteiger partial charge in [-0.1, -0.05) is 30.3 Å². The van der Waals surface area contributed by atoms with Gasteiger partial charge in [0, 0.05) is 26.2 Å². The van der Waals surface area contributed by atoms with Gasteiger partial charge in [0.25, 0.3) is 0 Å². The minimum absolute atomic E-state index is 0.0527. The first-order valence-corrected chi connectivity index (χ1v) is 10.00. The summed E-state index contributed by atoms with van der Waals surface area (Å²) in [6, 6.07) is 12.7. The predicted molar refractivity (Wildman–Crippen MR) is 99.8 cm³/mol. The van der Waals surface area contributed by atoms with Gasteiger partial charge < -0.3 is 10.4 Å². The number of carbonyl (C=O) groups excluding carboxylic acids is 1. The summed E-state index contributed by atoms with van der Waals surface area (Å²) in [6.45, 7) is 1.01. The first kappa shape index (κ1) is 19.3. The van der Waals surface area contributed by atoms with Gasteiger partial charge >= 0.3 is 5.97 Å². The van der Waals surface area contributed by atoms with E-state index in [-0.39, 0.29) is 30.4 Å². The molecular weight excluding hydrogens is 370 g/mol. The Labute approximate surface area is 157 Å². The lowest BCUT2D eigenvalue weighted by molar-refractivity contribution is -0.138. The molecule has 1 fully saturated rings. The van der Waals surface area contributed by atoms with Gasteiger partial charge in [-0.25, -0.2) is 8.42 Å². The number of rotatable bonds is 6. The smallest absolute Gasteiger partial charge is 0.322 e. The Kier molecular flexibility index (Phi) is 5.73. The largest absolute Gasteiger partial charge is 0.480 e. The second kappa shape index (κ2) is 8.03. The van der Waals surface area contributed by atoms with Crippen LogP contribution in [0, 0.1) is 0 Å². The van der Waals surface area contributed by atoms with Crippen molar-refractivity contribution >= 4 is 32.7 Å². The third-order valence-corrected chi connectivity index (χ3v) is 6.39. The molecule has 0 saturated carbocycles. The molecule has 9 heteroatoms. The average molecular weight is 391 g/mol. The van der Waals surface area contributed by atoms with E-state index in [1.807, 2.05) is 29.2 Å². The molecule has 1 heterocycles. The average Bonchev–Trinajstić information content (AvgIpc) is 2.66. The van der Waals surface area contributed by atoms with E-state index in [9.17, 15) is 18.0 Å². The first-order chi connectivity index (χ1) is 12.9. The van der Waals surface area contributed by atoms with Crippen LogP contribution in [0.2, 0.25) is 0 Å². The summed E-state index contributed by atoms with van der Waals surface area (Å²) in [5.74, 6) is -1.49. The number of sulfonamides is 1. The predicted octanol–water partition coefficient (Wildman–Crippen LogP) is 0.347. The van der Waals surface area contributed by atoms with Crippen LogP contribution in [-0.2, 0) is 19.6 Å². The maximum atomic E-state index is 12.9. The molecule has 0 bridgehead atoms. The van der Waals surface area contributed by atoms with Crippen LogP contribution in [-0.4, -0.2) is 73.9 Å². The Bertz CT molecular complexity index is 952. The van der Waals surface area contributed by atoms with Crippen LogP contribution >= 0.6 is 0 Å². The van der Waals surface area contributed by atoms with Crippen molar-refractivity contribution in [1.29, 1.82) is 0 Å². The third-order valence-electron chi connectivity index (χ3n) is 4.49. The Balaban J connectivity index is 1.62. The topological polar surface area (TPSA) is 107 Å². The Morgan fingerprint density at radius 2 is 1.67 bits per heavy atom. The lowest BCUT2D eigenvalue weighted by Crippen LogP contribution is -2.51. The van der Waals surface area contributed by atoms with Crippen molar-refractivity contribution in [3.63, 3.8) is 0 Å². The molecule has 1 amide bonds. The molecule has 3 rings (SSSR count). The molecule has 1 aliphatic rings. The van der Waals surface area contributed by atoms with Crippen LogP contribution in [0.3, 0.4) is 0 Å². The van der Waals surface area contributed by atoms with Crippen molar-refractivity contribution in [2.75, 3.05) is 39.3 Å². The van der Waals surface area contributed by atoms with Crippen molar-refractivity contribution in [1.82, 2.24) is 14.5 Å². The van der Waals surface area contributed by atoms with Gasteiger partial charge in [0.15, 0.2) is 0 Å². The van der Waals surface area contributed by atoms with Crippen molar-refractivity contribution < 1.29 is 23.1 Å².